The molecule has 0 N–H and O–H groups in total. The van der Waals surface area contributed by atoms with E-state index in [1.54, 1.807) is 0 Å². The average molecular weight is 225 g/mol. The van der Waals surface area contributed by atoms with Crippen LogP contribution in [0.5, 0.6) is 0 Å². The van der Waals surface area contributed by atoms with Crippen LogP contribution in [0.2, 0.25) is 0 Å². The Morgan fingerprint density at radius 3 is 0.667 bits per heavy atom. The van der Waals surface area contributed by atoms with E-state index in [0.29, 0.717) is 0 Å². The molecule has 0 aromatic carbocycles. The van der Waals surface area contributed by atoms with Crippen LogP contribution in [-0.2, 0) is 59.4 Å². The molecule has 0 aliphatic heterocycles. The SMILES string of the molecule is [Al+3].[Co+2].[O-2].[O-2].[O-2].[Zr+4]. The molecule has 6 heteroatoms. The van der Waals surface area contributed by atoms with Crippen molar-refractivity contribution in [3.63, 3.8) is 0 Å². The summed E-state index contributed by atoms with van der Waals surface area (Å²) in [4.78, 5) is 0. The first-order valence-corrected chi connectivity index (χ1v) is 0. The summed E-state index contributed by atoms with van der Waals surface area (Å²) in [5, 5.41) is 0. The Kier molecular flexibility index (Phi) is 1310. The molecule has 3 nitrogen and oxygen atoms in total. The molecular weight excluding hydrogens is 225 g/mol. The van der Waals surface area contributed by atoms with Crippen LogP contribution in [0, 0.1) is 0 Å². The largest absolute Gasteiger partial charge is 4.00 e. The summed E-state index contributed by atoms with van der Waals surface area (Å²) in [7, 11) is 0. The van der Waals surface area contributed by atoms with Gasteiger partial charge in [0.2, 0.25) is 0 Å². The van der Waals surface area contributed by atoms with Crippen molar-refractivity contribution in [1.29, 1.82) is 0 Å². The third-order valence-electron chi connectivity index (χ3n) is 0. The molecule has 0 rings (SSSR count). The maximum Gasteiger partial charge on any atom is 4.00 e. The van der Waals surface area contributed by atoms with Crippen LogP contribution < -0.4 is 0 Å². The van der Waals surface area contributed by atoms with Crippen molar-refractivity contribution in [3.05, 3.63) is 0 Å². The summed E-state index contributed by atoms with van der Waals surface area (Å²) >= 11 is 0. The molecule has 31 valence electrons. The van der Waals surface area contributed by atoms with Crippen molar-refractivity contribution in [2.45, 2.75) is 0 Å². The zero-order valence-electron chi connectivity index (χ0n) is 2.64. The fourth-order valence-corrected chi connectivity index (χ4v) is 0. The molecule has 0 aromatic rings. The first-order valence-electron chi connectivity index (χ1n) is 0. The van der Waals surface area contributed by atoms with Crippen molar-refractivity contribution in [2.24, 2.45) is 0 Å². The van der Waals surface area contributed by atoms with E-state index in [2.05, 4.69) is 0 Å². The van der Waals surface area contributed by atoms with Gasteiger partial charge in [-0.15, -0.1) is 0 Å². The van der Waals surface area contributed by atoms with Gasteiger partial charge >= 0.3 is 60.3 Å². The zero-order valence-corrected chi connectivity index (χ0v) is 7.29. The topological polar surface area (TPSA) is 85.5 Å². The van der Waals surface area contributed by atoms with Crippen molar-refractivity contribution in [3.8, 4) is 0 Å². The van der Waals surface area contributed by atoms with Gasteiger partial charge in [-0.25, -0.2) is 0 Å². The van der Waals surface area contributed by atoms with Gasteiger partial charge in [0, 0.05) is 0 Å². The summed E-state index contributed by atoms with van der Waals surface area (Å²) in [6.45, 7) is 0. The second kappa shape index (κ2) is 70.5. The average Bonchev–Trinajstić information content (AvgIpc) is 0. The number of hydrogen-bond acceptors (Lipinski definition) is 0. The Morgan fingerprint density at radius 2 is 0.667 bits per heavy atom. The first kappa shape index (κ1) is 111. The molecule has 0 aliphatic rings. The third kappa shape index (κ3) is 41.2. The van der Waals surface area contributed by atoms with Gasteiger partial charge in [-0.1, -0.05) is 0 Å². The van der Waals surface area contributed by atoms with E-state index in [9.17, 15) is 0 Å². The molecule has 0 saturated heterocycles. The van der Waals surface area contributed by atoms with Crippen LogP contribution in [0.15, 0.2) is 0 Å². The Morgan fingerprint density at radius 1 is 0.667 bits per heavy atom. The van der Waals surface area contributed by atoms with E-state index >= 15 is 0 Å². The second-order valence-electron chi connectivity index (χ2n) is 0. The second-order valence-corrected chi connectivity index (χ2v) is 0. The Bertz CT molecular complexity index is 10.8. The third-order valence-corrected chi connectivity index (χ3v) is 0. The molecule has 6 heavy (non-hydrogen) atoms. The zero-order chi connectivity index (χ0) is 0. The van der Waals surface area contributed by atoms with Crippen molar-refractivity contribution in [1.82, 2.24) is 0 Å². The van der Waals surface area contributed by atoms with Gasteiger partial charge in [0.1, 0.15) is 0 Å². The molecule has 0 aromatic heterocycles. The minimum Gasteiger partial charge on any atom is -2.00 e. The molecule has 0 spiro atoms. The summed E-state index contributed by atoms with van der Waals surface area (Å²) < 4.78 is 0. The van der Waals surface area contributed by atoms with Crippen LogP contribution in [0.3, 0.4) is 0 Å². The van der Waals surface area contributed by atoms with Gasteiger partial charge < -0.3 is 16.4 Å². The number of rotatable bonds is 0. The van der Waals surface area contributed by atoms with Gasteiger partial charge in [0.15, 0.2) is 0 Å². The van der Waals surface area contributed by atoms with Gasteiger partial charge in [0.05, 0.1) is 0 Å². The smallest absolute Gasteiger partial charge is 2.00 e. The summed E-state index contributed by atoms with van der Waals surface area (Å²) in [5.41, 5.74) is 0. The van der Waals surface area contributed by atoms with Crippen LogP contribution >= 0.6 is 0 Å². The van der Waals surface area contributed by atoms with Crippen LogP contribution in [-0.4, -0.2) is 17.4 Å². The van der Waals surface area contributed by atoms with Crippen molar-refractivity contribution < 1.29 is 59.4 Å². The summed E-state index contributed by atoms with van der Waals surface area (Å²) in [6, 6.07) is 0. The van der Waals surface area contributed by atoms with E-state index in [1.165, 1.54) is 0 Å². The van der Waals surface area contributed by atoms with Crippen LogP contribution in [0.1, 0.15) is 0 Å². The predicted molar refractivity (Wildman–Crippen MR) is 7.81 cm³/mol. The molecule has 0 unspecified atom stereocenters. The summed E-state index contributed by atoms with van der Waals surface area (Å²) in [5.74, 6) is 0. The Labute approximate surface area is 76.3 Å². The predicted octanol–water partition coefficient (Wildman–Crippen LogP) is -0.742. The quantitative estimate of drug-likeness (QED) is 0.486. The van der Waals surface area contributed by atoms with Gasteiger partial charge in [0.25, 0.3) is 0 Å². The minimum atomic E-state index is 0. The molecule has 0 atom stereocenters. The first-order chi connectivity index (χ1) is 0. The van der Waals surface area contributed by atoms with Gasteiger partial charge in [-0.3, -0.25) is 0 Å². The molecule has 0 fully saturated rings. The molecule has 0 heterocycles. The standard InChI is InChI=1S/Al.Co.3O.Zr/q+3;+2;3*-2;+4. The fourth-order valence-electron chi connectivity index (χ4n) is 0. The molecule has 0 amide bonds. The maximum atomic E-state index is 0. The van der Waals surface area contributed by atoms with Crippen LogP contribution in [0.4, 0.5) is 0 Å². The van der Waals surface area contributed by atoms with E-state index in [0.717, 1.165) is 0 Å². The molecule has 0 aliphatic carbocycles. The molecule has 1 radical (unpaired) electrons. The number of hydrogen-bond donors (Lipinski definition) is 0. The Balaban J connectivity index is 0. The van der Waals surface area contributed by atoms with Crippen molar-refractivity contribution in [2.75, 3.05) is 0 Å². The fraction of sp³-hybridized carbons (Fsp3) is 0. The van der Waals surface area contributed by atoms with Gasteiger partial charge in [-0.05, 0) is 0 Å². The van der Waals surface area contributed by atoms with Crippen LogP contribution in [0.25, 0.3) is 0 Å². The normalized spacial score (nSPS) is 0. The van der Waals surface area contributed by atoms with Gasteiger partial charge in [-0.2, -0.15) is 0 Å². The van der Waals surface area contributed by atoms with Crippen molar-refractivity contribution >= 4 is 17.4 Å². The molecular formula is AlCoO3Zr+3. The van der Waals surface area contributed by atoms with E-state index in [1.807, 2.05) is 0 Å². The maximum absolute atomic E-state index is 0. The van der Waals surface area contributed by atoms with E-state index in [4.69, 9.17) is 0 Å². The monoisotopic (exact) mass is 224 g/mol. The molecule has 0 bridgehead atoms. The minimum absolute atomic E-state index is 0. The Hall–Kier alpha value is 1.80. The van der Waals surface area contributed by atoms with E-state index in [-0.39, 0.29) is 76.8 Å². The van der Waals surface area contributed by atoms with E-state index < -0.39 is 0 Å². The summed E-state index contributed by atoms with van der Waals surface area (Å²) in [6.07, 6.45) is 0. The molecule has 0 saturated carbocycles.